The van der Waals surface area contributed by atoms with Crippen molar-refractivity contribution in [3.63, 3.8) is 0 Å². The lowest BCUT2D eigenvalue weighted by Crippen LogP contribution is -2.36. The van der Waals surface area contributed by atoms with Crippen LogP contribution in [0.1, 0.15) is 28.8 Å². The number of hydrogen-bond donors (Lipinski definition) is 1. The standard InChI is InChI=1S/C25H27N3O4/c1-27-16-18(19-8-4-5-9-21(19)27)14-20(25(30)28-12-6-7-13-28)26-24(29)17-10-11-22(31-2)23(15-17)32-3/h4-5,8-11,14-16H,6-7,12-13H2,1-3H3,(H,26,29)/b20-14-. The number of fused-ring (bicyclic) bond motifs is 1. The summed E-state index contributed by atoms with van der Waals surface area (Å²) in [6.45, 7) is 1.38. The van der Waals surface area contributed by atoms with E-state index in [9.17, 15) is 9.59 Å². The molecule has 0 spiro atoms. The Kier molecular flexibility index (Phi) is 6.16. The number of benzene rings is 2. The third kappa shape index (κ3) is 4.19. The molecule has 1 N–H and O–H groups in total. The number of amides is 2. The first-order chi connectivity index (χ1) is 15.5. The molecule has 2 amide bonds. The average Bonchev–Trinajstić information content (AvgIpc) is 3.46. The van der Waals surface area contributed by atoms with E-state index in [0.717, 1.165) is 29.3 Å². The molecule has 0 saturated carbocycles. The number of methoxy groups -OCH3 is 2. The second-order valence-electron chi connectivity index (χ2n) is 7.79. The Balaban J connectivity index is 1.70. The molecule has 2 heterocycles. The summed E-state index contributed by atoms with van der Waals surface area (Å²) in [5.74, 6) is 0.420. The molecule has 166 valence electrons. The van der Waals surface area contributed by atoms with Crippen molar-refractivity contribution in [2.45, 2.75) is 12.8 Å². The topological polar surface area (TPSA) is 72.8 Å². The van der Waals surface area contributed by atoms with E-state index < -0.39 is 0 Å². The third-order valence-electron chi connectivity index (χ3n) is 5.75. The maximum atomic E-state index is 13.3. The van der Waals surface area contributed by atoms with Gasteiger partial charge in [-0.05, 0) is 43.2 Å². The lowest BCUT2D eigenvalue weighted by Gasteiger charge is -2.18. The average molecular weight is 434 g/mol. The van der Waals surface area contributed by atoms with E-state index in [1.165, 1.54) is 14.2 Å². The molecule has 0 unspecified atom stereocenters. The number of aromatic nitrogens is 1. The van der Waals surface area contributed by atoms with E-state index in [2.05, 4.69) is 5.32 Å². The summed E-state index contributed by atoms with van der Waals surface area (Å²) in [5.41, 5.74) is 2.56. The van der Waals surface area contributed by atoms with Gasteiger partial charge in [0.25, 0.3) is 11.8 Å². The van der Waals surface area contributed by atoms with Gasteiger partial charge in [0.15, 0.2) is 11.5 Å². The Morgan fingerprint density at radius 2 is 1.72 bits per heavy atom. The van der Waals surface area contributed by atoms with Crippen molar-refractivity contribution >= 4 is 28.8 Å². The molecular weight excluding hydrogens is 406 g/mol. The van der Waals surface area contributed by atoms with Crippen LogP contribution in [0.15, 0.2) is 54.4 Å². The molecule has 1 aromatic heterocycles. The summed E-state index contributed by atoms with van der Waals surface area (Å²) in [6, 6.07) is 12.9. The van der Waals surface area contributed by atoms with Crippen LogP contribution in [0, 0.1) is 0 Å². The monoisotopic (exact) mass is 433 g/mol. The molecular formula is C25H27N3O4. The minimum Gasteiger partial charge on any atom is -0.493 e. The summed E-state index contributed by atoms with van der Waals surface area (Å²) in [5, 5.41) is 3.86. The van der Waals surface area contributed by atoms with E-state index in [1.807, 2.05) is 42.1 Å². The smallest absolute Gasteiger partial charge is 0.270 e. The molecule has 1 aliphatic rings. The lowest BCUT2D eigenvalue weighted by atomic mass is 10.1. The second kappa shape index (κ2) is 9.18. The number of nitrogens with one attached hydrogen (secondary N) is 1. The second-order valence-corrected chi connectivity index (χ2v) is 7.79. The van der Waals surface area contributed by atoms with Gasteiger partial charge in [0.1, 0.15) is 5.70 Å². The fourth-order valence-electron chi connectivity index (χ4n) is 4.06. The van der Waals surface area contributed by atoms with Gasteiger partial charge in [0.05, 0.1) is 14.2 Å². The van der Waals surface area contributed by atoms with Crippen LogP contribution in [0.3, 0.4) is 0 Å². The number of carbonyl (C=O) groups excluding carboxylic acids is 2. The SMILES string of the molecule is COc1ccc(C(=O)N/C(=C\c2cn(C)c3ccccc23)C(=O)N2CCCC2)cc1OC. The number of nitrogens with zero attached hydrogens (tertiary/aromatic N) is 2. The van der Waals surface area contributed by atoms with Crippen molar-refractivity contribution in [1.82, 2.24) is 14.8 Å². The first kappa shape index (κ1) is 21.5. The Labute approximate surface area is 187 Å². The van der Waals surface area contributed by atoms with Crippen LogP contribution in [-0.4, -0.2) is 48.6 Å². The van der Waals surface area contributed by atoms with Crippen molar-refractivity contribution < 1.29 is 19.1 Å². The van der Waals surface area contributed by atoms with Crippen LogP contribution in [0.25, 0.3) is 17.0 Å². The van der Waals surface area contributed by atoms with E-state index in [-0.39, 0.29) is 17.5 Å². The predicted molar refractivity (Wildman–Crippen MR) is 124 cm³/mol. The molecule has 1 fully saturated rings. The number of rotatable bonds is 6. The zero-order chi connectivity index (χ0) is 22.7. The van der Waals surface area contributed by atoms with Crippen molar-refractivity contribution in [1.29, 1.82) is 0 Å². The van der Waals surface area contributed by atoms with Crippen LogP contribution in [0.4, 0.5) is 0 Å². The van der Waals surface area contributed by atoms with E-state index in [1.54, 1.807) is 29.2 Å². The molecule has 4 rings (SSSR count). The summed E-state index contributed by atoms with van der Waals surface area (Å²) in [4.78, 5) is 28.1. The van der Waals surface area contributed by atoms with Crippen LogP contribution in [0.2, 0.25) is 0 Å². The van der Waals surface area contributed by atoms with Gasteiger partial charge in [0, 0.05) is 48.4 Å². The highest BCUT2D eigenvalue weighted by Gasteiger charge is 2.24. The van der Waals surface area contributed by atoms with Gasteiger partial charge in [-0.25, -0.2) is 0 Å². The van der Waals surface area contributed by atoms with Gasteiger partial charge in [-0.1, -0.05) is 18.2 Å². The number of likely N-dealkylation sites (tertiary alicyclic amines) is 1. The molecule has 1 aliphatic heterocycles. The van der Waals surface area contributed by atoms with Gasteiger partial charge in [-0.15, -0.1) is 0 Å². The maximum Gasteiger partial charge on any atom is 0.270 e. The minimum atomic E-state index is -0.384. The maximum absolute atomic E-state index is 13.3. The Hall–Kier alpha value is -3.74. The lowest BCUT2D eigenvalue weighted by molar-refractivity contribution is -0.126. The van der Waals surface area contributed by atoms with Crippen molar-refractivity contribution in [3.05, 3.63) is 65.5 Å². The third-order valence-corrected chi connectivity index (χ3v) is 5.75. The Bertz CT molecular complexity index is 1190. The van der Waals surface area contributed by atoms with Crippen molar-refractivity contribution in [2.75, 3.05) is 27.3 Å². The van der Waals surface area contributed by atoms with Crippen LogP contribution in [-0.2, 0) is 11.8 Å². The van der Waals surface area contributed by atoms with Gasteiger partial charge in [-0.2, -0.15) is 0 Å². The Morgan fingerprint density at radius 3 is 2.44 bits per heavy atom. The number of ether oxygens (including phenoxy) is 2. The van der Waals surface area contributed by atoms with Crippen LogP contribution in [0.5, 0.6) is 11.5 Å². The molecule has 1 saturated heterocycles. The van der Waals surface area contributed by atoms with Gasteiger partial charge in [-0.3, -0.25) is 9.59 Å². The minimum absolute atomic E-state index is 0.177. The first-order valence-corrected chi connectivity index (χ1v) is 10.6. The van der Waals surface area contributed by atoms with E-state index in [4.69, 9.17) is 9.47 Å². The quantitative estimate of drug-likeness (QED) is 0.603. The highest BCUT2D eigenvalue weighted by atomic mass is 16.5. The molecule has 3 aromatic rings. The molecule has 2 aromatic carbocycles. The summed E-state index contributed by atoms with van der Waals surface area (Å²) in [7, 11) is 5.02. The van der Waals surface area contributed by atoms with Crippen LogP contribution < -0.4 is 14.8 Å². The molecule has 32 heavy (non-hydrogen) atoms. The fraction of sp³-hybridized carbons (Fsp3) is 0.280. The number of aryl methyl sites for hydroxylation is 1. The number of hydrogen-bond acceptors (Lipinski definition) is 4. The highest BCUT2D eigenvalue weighted by molar-refractivity contribution is 6.06. The summed E-state index contributed by atoms with van der Waals surface area (Å²) < 4.78 is 12.6. The Morgan fingerprint density at radius 1 is 1.00 bits per heavy atom. The van der Waals surface area contributed by atoms with Gasteiger partial charge in [0.2, 0.25) is 0 Å². The molecule has 0 bridgehead atoms. The molecule has 0 atom stereocenters. The number of carbonyl (C=O) groups is 2. The van der Waals surface area contributed by atoms with E-state index >= 15 is 0 Å². The van der Waals surface area contributed by atoms with Crippen molar-refractivity contribution in [3.8, 4) is 11.5 Å². The highest BCUT2D eigenvalue weighted by Crippen LogP contribution is 2.28. The zero-order valence-corrected chi connectivity index (χ0v) is 18.6. The predicted octanol–water partition coefficient (Wildman–Crippen LogP) is 3.59. The van der Waals surface area contributed by atoms with Gasteiger partial charge < -0.3 is 24.3 Å². The molecule has 0 radical (unpaired) electrons. The summed E-state index contributed by atoms with van der Waals surface area (Å²) in [6.07, 6.45) is 5.67. The number of para-hydroxylation sites is 1. The fourth-order valence-corrected chi connectivity index (χ4v) is 4.06. The van der Waals surface area contributed by atoms with E-state index in [0.29, 0.717) is 30.2 Å². The first-order valence-electron chi connectivity index (χ1n) is 10.6. The molecule has 7 heteroatoms. The molecule has 7 nitrogen and oxygen atoms in total. The largest absolute Gasteiger partial charge is 0.493 e. The molecule has 0 aliphatic carbocycles. The van der Waals surface area contributed by atoms with Gasteiger partial charge >= 0.3 is 0 Å². The normalized spacial score (nSPS) is 14.0. The summed E-state index contributed by atoms with van der Waals surface area (Å²) >= 11 is 0. The zero-order valence-electron chi connectivity index (χ0n) is 18.6. The van der Waals surface area contributed by atoms with Crippen LogP contribution >= 0.6 is 0 Å². The van der Waals surface area contributed by atoms with Crippen molar-refractivity contribution in [2.24, 2.45) is 7.05 Å².